The van der Waals surface area contributed by atoms with E-state index in [4.69, 9.17) is 11.6 Å². The van der Waals surface area contributed by atoms with Crippen LogP contribution >= 0.6 is 11.6 Å². The average molecular weight is 409 g/mol. The van der Waals surface area contributed by atoms with Gasteiger partial charge in [0, 0.05) is 71.0 Å². The van der Waals surface area contributed by atoms with Gasteiger partial charge in [-0.3, -0.25) is 9.69 Å². The normalized spacial score (nSPS) is 16.3. The Balaban J connectivity index is 1.41. The Hall–Kier alpha value is -2.99. The fourth-order valence-corrected chi connectivity index (χ4v) is 4.51. The van der Waals surface area contributed by atoms with Gasteiger partial charge >= 0.3 is 6.03 Å². The molecular formula is C22H21ClN4O2. The van der Waals surface area contributed by atoms with Crippen LogP contribution in [0.3, 0.4) is 0 Å². The number of anilines is 1. The van der Waals surface area contributed by atoms with Gasteiger partial charge in [0.1, 0.15) is 0 Å². The number of nitrogens with one attached hydrogen (secondary N) is 2. The molecule has 5 rings (SSSR count). The minimum absolute atomic E-state index is 0.00699. The van der Waals surface area contributed by atoms with E-state index in [1.165, 1.54) is 5.69 Å². The number of aromatic amines is 1. The summed E-state index contributed by atoms with van der Waals surface area (Å²) in [5, 5.41) is 4.58. The maximum absolute atomic E-state index is 13.2. The molecule has 3 aromatic rings. The topological polar surface area (TPSA) is 68.4 Å². The van der Waals surface area contributed by atoms with Crippen molar-refractivity contribution in [3.63, 3.8) is 0 Å². The van der Waals surface area contributed by atoms with Gasteiger partial charge in [0.05, 0.1) is 0 Å². The zero-order valence-corrected chi connectivity index (χ0v) is 16.8. The van der Waals surface area contributed by atoms with Crippen LogP contribution in [0.25, 0.3) is 10.9 Å². The van der Waals surface area contributed by atoms with Crippen molar-refractivity contribution in [2.45, 2.75) is 19.9 Å². The lowest BCUT2D eigenvalue weighted by molar-refractivity contribution is 0.0735. The third kappa shape index (κ3) is 3.04. The first-order valence-electron chi connectivity index (χ1n) is 9.75. The Morgan fingerprint density at radius 3 is 2.76 bits per heavy atom. The number of amides is 3. The number of carbonyl (C=O) groups is 2. The number of carbonyl (C=O) groups excluding carboxylic acids is 2. The summed E-state index contributed by atoms with van der Waals surface area (Å²) in [6.07, 6.45) is 0.790. The van der Waals surface area contributed by atoms with Gasteiger partial charge in [-0.25, -0.2) is 4.79 Å². The molecular weight excluding hydrogens is 388 g/mol. The zero-order chi connectivity index (χ0) is 20.1. The molecule has 2 aromatic carbocycles. The van der Waals surface area contributed by atoms with Gasteiger partial charge < -0.3 is 15.2 Å². The second-order valence-corrected chi connectivity index (χ2v) is 8.07. The molecule has 148 valence electrons. The van der Waals surface area contributed by atoms with Crippen LogP contribution in [-0.4, -0.2) is 41.5 Å². The maximum Gasteiger partial charge on any atom is 0.322 e. The van der Waals surface area contributed by atoms with E-state index in [0.717, 1.165) is 34.1 Å². The number of halogens is 1. The van der Waals surface area contributed by atoms with Crippen molar-refractivity contribution in [1.82, 2.24) is 15.2 Å². The predicted octanol–water partition coefficient (Wildman–Crippen LogP) is 3.86. The standard InChI is InChI=1S/C22H21ClN4O2/c1-13-10-14(2-5-20(13)27-9-7-24-22(27)29)21(28)26-8-6-19-17(12-26)16-11-15(23)3-4-18(16)25-19/h2-5,10-11,25H,6-9,12H2,1H3,(H,24,29). The van der Waals surface area contributed by atoms with Gasteiger partial charge in [0.15, 0.2) is 0 Å². The zero-order valence-electron chi connectivity index (χ0n) is 16.1. The van der Waals surface area contributed by atoms with E-state index < -0.39 is 0 Å². The highest BCUT2D eigenvalue weighted by atomic mass is 35.5. The summed E-state index contributed by atoms with van der Waals surface area (Å²) >= 11 is 6.18. The highest BCUT2D eigenvalue weighted by Gasteiger charge is 2.27. The number of nitrogens with zero attached hydrogens (tertiary/aromatic N) is 2. The van der Waals surface area contributed by atoms with E-state index in [2.05, 4.69) is 10.3 Å². The van der Waals surface area contributed by atoms with Crippen LogP contribution in [0.15, 0.2) is 36.4 Å². The average Bonchev–Trinajstić information content (AvgIpc) is 3.30. The number of benzene rings is 2. The van der Waals surface area contributed by atoms with Crippen molar-refractivity contribution in [2.75, 3.05) is 24.5 Å². The number of aromatic nitrogens is 1. The molecule has 1 fully saturated rings. The number of hydrogen-bond acceptors (Lipinski definition) is 2. The van der Waals surface area contributed by atoms with E-state index >= 15 is 0 Å². The molecule has 1 aromatic heterocycles. The van der Waals surface area contributed by atoms with Gasteiger partial charge in [0.25, 0.3) is 5.91 Å². The summed E-state index contributed by atoms with van der Waals surface area (Å²) in [4.78, 5) is 32.2. The molecule has 0 aliphatic carbocycles. The van der Waals surface area contributed by atoms with E-state index in [1.54, 1.807) is 4.90 Å². The lowest BCUT2D eigenvalue weighted by Gasteiger charge is -2.28. The summed E-state index contributed by atoms with van der Waals surface area (Å²) in [5.74, 6) is 0.00699. The Bertz CT molecular complexity index is 1150. The van der Waals surface area contributed by atoms with E-state index in [-0.39, 0.29) is 11.9 Å². The van der Waals surface area contributed by atoms with Gasteiger partial charge in [-0.1, -0.05) is 11.6 Å². The molecule has 0 radical (unpaired) electrons. The van der Waals surface area contributed by atoms with Gasteiger partial charge in [-0.15, -0.1) is 0 Å². The third-order valence-corrected chi connectivity index (χ3v) is 6.05. The van der Waals surface area contributed by atoms with Crippen LogP contribution < -0.4 is 10.2 Å². The van der Waals surface area contributed by atoms with Crippen molar-refractivity contribution >= 4 is 40.1 Å². The number of hydrogen-bond donors (Lipinski definition) is 2. The van der Waals surface area contributed by atoms with Crippen LogP contribution in [0.4, 0.5) is 10.5 Å². The Labute approximate surface area is 173 Å². The molecule has 0 unspecified atom stereocenters. The summed E-state index contributed by atoms with van der Waals surface area (Å²) in [6.45, 7) is 4.45. The minimum Gasteiger partial charge on any atom is -0.358 e. The minimum atomic E-state index is -0.0891. The molecule has 1 saturated heterocycles. The van der Waals surface area contributed by atoms with Crippen molar-refractivity contribution in [1.29, 1.82) is 0 Å². The molecule has 29 heavy (non-hydrogen) atoms. The second-order valence-electron chi connectivity index (χ2n) is 7.63. The molecule has 2 aliphatic rings. The lowest BCUT2D eigenvalue weighted by Crippen LogP contribution is -2.36. The molecule has 7 heteroatoms. The van der Waals surface area contributed by atoms with Crippen molar-refractivity contribution in [3.8, 4) is 0 Å². The van der Waals surface area contributed by atoms with Gasteiger partial charge in [-0.2, -0.15) is 0 Å². The molecule has 2 N–H and O–H groups in total. The van der Waals surface area contributed by atoms with Crippen molar-refractivity contribution < 1.29 is 9.59 Å². The van der Waals surface area contributed by atoms with E-state index in [9.17, 15) is 9.59 Å². The number of H-pyrrole nitrogens is 1. The van der Waals surface area contributed by atoms with E-state index in [1.807, 2.05) is 48.2 Å². The molecule has 3 heterocycles. The van der Waals surface area contributed by atoms with Crippen LogP contribution in [0, 0.1) is 6.92 Å². The summed E-state index contributed by atoms with van der Waals surface area (Å²) in [7, 11) is 0. The fraction of sp³-hybridized carbons (Fsp3) is 0.273. The van der Waals surface area contributed by atoms with Crippen LogP contribution in [0.2, 0.25) is 5.02 Å². The summed E-state index contributed by atoms with van der Waals surface area (Å²) in [6, 6.07) is 11.3. The molecule has 0 spiro atoms. The molecule has 3 amide bonds. The lowest BCUT2D eigenvalue weighted by atomic mass is 10.0. The Morgan fingerprint density at radius 2 is 2.00 bits per heavy atom. The largest absolute Gasteiger partial charge is 0.358 e. The molecule has 6 nitrogen and oxygen atoms in total. The smallest absolute Gasteiger partial charge is 0.322 e. The van der Waals surface area contributed by atoms with Crippen molar-refractivity contribution in [3.05, 3.63) is 63.8 Å². The van der Waals surface area contributed by atoms with Crippen LogP contribution in [0.5, 0.6) is 0 Å². The van der Waals surface area contributed by atoms with Crippen LogP contribution in [0.1, 0.15) is 27.2 Å². The first kappa shape index (κ1) is 18.1. The monoisotopic (exact) mass is 408 g/mol. The number of aryl methyl sites for hydroxylation is 1. The molecule has 0 saturated carbocycles. The van der Waals surface area contributed by atoms with Crippen LogP contribution in [-0.2, 0) is 13.0 Å². The maximum atomic E-state index is 13.2. The first-order valence-corrected chi connectivity index (χ1v) is 10.1. The number of rotatable bonds is 2. The van der Waals surface area contributed by atoms with Gasteiger partial charge in [-0.05, 0) is 48.9 Å². The molecule has 2 aliphatic heterocycles. The quantitative estimate of drug-likeness (QED) is 0.676. The number of urea groups is 1. The SMILES string of the molecule is Cc1cc(C(=O)N2CCc3[nH]c4ccc(Cl)cc4c3C2)ccc1N1CCNC1=O. The summed E-state index contributed by atoms with van der Waals surface area (Å²) < 4.78 is 0. The van der Waals surface area contributed by atoms with Gasteiger partial charge in [0.2, 0.25) is 0 Å². The van der Waals surface area contributed by atoms with Crippen molar-refractivity contribution in [2.24, 2.45) is 0 Å². The predicted molar refractivity (Wildman–Crippen MR) is 114 cm³/mol. The third-order valence-electron chi connectivity index (χ3n) is 5.82. The molecule has 0 bridgehead atoms. The highest BCUT2D eigenvalue weighted by Crippen LogP contribution is 2.31. The first-order chi connectivity index (χ1) is 14.0. The second kappa shape index (κ2) is 6.81. The van der Waals surface area contributed by atoms with E-state index in [0.29, 0.717) is 36.8 Å². The summed E-state index contributed by atoms with van der Waals surface area (Å²) in [5.41, 5.74) is 5.79. The Kier molecular flexibility index (Phi) is 4.24. The molecule has 0 atom stereocenters. The number of fused-ring (bicyclic) bond motifs is 3. The Morgan fingerprint density at radius 1 is 1.14 bits per heavy atom. The fourth-order valence-electron chi connectivity index (χ4n) is 4.34. The highest BCUT2D eigenvalue weighted by molar-refractivity contribution is 6.31.